The second-order valence-electron chi connectivity index (χ2n) is 6.78. The molecule has 0 bridgehead atoms. The van der Waals surface area contributed by atoms with E-state index >= 15 is 0 Å². The Labute approximate surface area is 110 Å². The Kier molecular flexibility index (Phi) is 3.18. The minimum Gasteiger partial charge on any atom is -0.507 e. The highest BCUT2D eigenvalue weighted by Crippen LogP contribution is 2.45. The lowest BCUT2D eigenvalue weighted by Gasteiger charge is -2.42. The van der Waals surface area contributed by atoms with Crippen molar-refractivity contribution >= 4 is 0 Å². The smallest absolute Gasteiger partial charge is 0.122 e. The summed E-state index contributed by atoms with van der Waals surface area (Å²) in [4.78, 5) is 0. The van der Waals surface area contributed by atoms with Crippen LogP contribution in [0, 0.1) is 6.92 Å². The average molecular weight is 247 g/mol. The SMILES string of the molecule is Cc1cc(C2(CN)CCC2)cc(C(C)(C)C)c1O. The molecule has 0 unspecified atom stereocenters. The number of phenolic OH excluding ortho intramolecular Hbond substituents is 1. The Morgan fingerprint density at radius 3 is 2.28 bits per heavy atom. The van der Waals surface area contributed by atoms with Crippen LogP contribution in [0.2, 0.25) is 0 Å². The van der Waals surface area contributed by atoms with Crippen LogP contribution in [-0.4, -0.2) is 11.7 Å². The van der Waals surface area contributed by atoms with Crippen LogP contribution in [0.3, 0.4) is 0 Å². The molecule has 0 radical (unpaired) electrons. The van der Waals surface area contributed by atoms with E-state index in [1.807, 2.05) is 6.92 Å². The van der Waals surface area contributed by atoms with Crippen LogP contribution >= 0.6 is 0 Å². The fourth-order valence-electron chi connectivity index (χ4n) is 2.87. The first-order chi connectivity index (χ1) is 8.30. The molecule has 2 rings (SSSR count). The van der Waals surface area contributed by atoms with Crippen LogP contribution in [0.5, 0.6) is 5.75 Å². The third kappa shape index (κ3) is 2.03. The van der Waals surface area contributed by atoms with Gasteiger partial charge in [-0.1, -0.05) is 39.3 Å². The molecule has 1 aliphatic carbocycles. The Morgan fingerprint density at radius 1 is 1.28 bits per heavy atom. The molecule has 0 atom stereocenters. The fourth-order valence-corrected chi connectivity index (χ4v) is 2.87. The summed E-state index contributed by atoms with van der Waals surface area (Å²) in [6.07, 6.45) is 3.62. The highest BCUT2D eigenvalue weighted by Gasteiger charge is 2.38. The Morgan fingerprint density at radius 2 is 1.89 bits per heavy atom. The van der Waals surface area contributed by atoms with E-state index < -0.39 is 0 Å². The van der Waals surface area contributed by atoms with E-state index in [4.69, 9.17) is 5.73 Å². The van der Waals surface area contributed by atoms with Gasteiger partial charge in [0.05, 0.1) is 0 Å². The number of rotatable bonds is 2. The normalized spacial score (nSPS) is 18.5. The number of phenols is 1. The van der Waals surface area contributed by atoms with Gasteiger partial charge < -0.3 is 10.8 Å². The minimum absolute atomic E-state index is 0.0373. The van der Waals surface area contributed by atoms with Gasteiger partial charge in [-0.05, 0) is 41.9 Å². The molecule has 3 N–H and O–H groups in total. The summed E-state index contributed by atoms with van der Waals surface area (Å²) in [5.41, 5.74) is 9.44. The number of aromatic hydroxyl groups is 1. The zero-order valence-electron chi connectivity index (χ0n) is 12.0. The van der Waals surface area contributed by atoms with Gasteiger partial charge in [-0.3, -0.25) is 0 Å². The average Bonchev–Trinajstić information content (AvgIpc) is 2.20. The van der Waals surface area contributed by atoms with E-state index in [1.165, 1.54) is 24.8 Å². The Bertz CT molecular complexity index is 447. The van der Waals surface area contributed by atoms with Gasteiger partial charge in [0, 0.05) is 12.0 Å². The van der Waals surface area contributed by atoms with Crippen LogP contribution < -0.4 is 5.73 Å². The summed E-state index contributed by atoms with van der Waals surface area (Å²) in [6.45, 7) is 9.11. The molecule has 0 spiro atoms. The van der Waals surface area contributed by atoms with Crippen molar-refractivity contribution in [2.75, 3.05) is 6.54 Å². The van der Waals surface area contributed by atoms with Gasteiger partial charge in [0.15, 0.2) is 0 Å². The second-order valence-corrected chi connectivity index (χ2v) is 6.78. The van der Waals surface area contributed by atoms with Crippen LogP contribution in [0.4, 0.5) is 0 Å². The van der Waals surface area contributed by atoms with Crippen molar-refractivity contribution in [2.24, 2.45) is 5.73 Å². The molecular formula is C16H25NO. The number of hydrogen-bond acceptors (Lipinski definition) is 2. The number of hydrogen-bond donors (Lipinski definition) is 2. The standard InChI is InChI=1S/C16H25NO/c1-11-8-12(16(10-17)6-5-7-16)9-13(14(11)18)15(2,3)4/h8-9,18H,5-7,10,17H2,1-4H3. The van der Waals surface area contributed by atoms with Gasteiger partial charge in [0.1, 0.15) is 5.75 Å². The summed E-state index contributed by atoms with van der Waals surface area (Å²) in [6, 6.07) is 4.30. The molecule has 0 aromatic heterocycles. The first-order valence-electron chi connectivity index (χ1n) is 6.85. The van der Waals surface area contributed by atoms with Crippen molar-refractivity contribution in [1.29, 1.82) is 0 Å². The maximum absolute atomic E-state index is 10.3. The van der Waals surface area contributed by atoms with Crippen molar-refractivity contribution in [3.63, 3.8) is 0 Å². The van der Waals surface area contributed by atoms with E-state index in [1.54, 1.807) is 0 Å². The van der Waals surface area contributed by atoms with Crippen LogP contribution in [0.15, 0.2) is 12.1 Å². The Hall–Kier alpha value is -1.02. The highest BCUT2D eigenvalue weighted by atomic mass is 16.3. The van der Waals surface area contributed by atoms with E-state index in [0.717, 1.165) is 11.1 Å². The third-order valence-electron chi connectivity index (χ3n) is 4.42. The number of nitrogens with two attached hydrogens (primary N) is 1. The molecule has 2 heteroatoms. The molecule has 1 aromatic carbocycles. The molecule has 0 heterocycles. The number of aryl methyl sites for hydroxylation is 1. The number of benzene rings is 1. The lowest BCUT2D eigenvalue weighted by molar-refractivity contribution is 0.252. The first kappa shape index (κ1) is 13.4. The minimum atomic E-state index is -0.0373. The molecular weight excluding hydrogens is 222 g/mol. The summed E-state index contributed by atoms with van der Waals surface area (Å²) in [5, 5.41) is 10.3. The van der Waals surface area contributed by atoms with Crippen molar-refractivity contribution < 1.29 is 5.11 Å². The molecule has 0 saturated heterocycles. The Balaban J connectivity index is 2.54. The summed E-state index contributed by atoms with van der Waals surface area (Å²) in [7, 11) is 0. The predicted octanol–water partition coefficient (Wildman–Crippen LogP) is 3.38. The lowest BCUT2D eigenvalue weighted by Crippen LogP contribution is -2.41. The maximum Gasteiger partial charge on any atom is 0.122 e. The van der Waals surface area contributed by atoms with E-state index in [-0.39, 0.29) is 10.8 Å². The fraction of sp³-hybridized carbons (Fsp3) is 0.625. The van der Waals surface area contributed by atoms with Gasteiger partial charge in [-0.25, -0.2) is 0 Å². The largest absolute Gasteiger partial charge is 0.507 e. The van der Waals surface area contributed by atoms with Crippen molar-refractivity contribution in [3.05, 3.63) is 28.8 Å². The molecule has 18 heavy (non-hydrogen) atoms. The van der Waals surface area contributed by atoms with Crippen LogP contribution in [-0.2, 0) is 10.8 Å². The van der Waals surface area contributed by atoms with Gasteiger partial charge in [-0.2, -0.15) is 0 Å². The highest BCUT2D eigenvalue weighted by molar-refractivity contribution is 5.49. The maximum atomic E-state index is 10.3. The zero-order valence-corrected chi connectivity index (χ0v) is 12.0. The monoisotopic (exact) mass is 247 g/mol. The predicted molar refractivity (Wildman–Crippen MR) is 76.1 cm³/mol. The van der Waals surface area contributed by atoms with E-state index in [9.17, 15) is 5.11 Å². The lowest BCUT2D eigenvalue weighted by atomic mass is 9.63. The summed E-state index contributed by atoms with van der Waals surface area (Å²) >= 11 is 0. The summed E-state index contributed by atoms with van der Waals surface area (Å²) in [5.74, 6) is 0.442. The third-order valence-corrected chi connectivity index (χ3v) is 4.42. The van der Waals surface area contributed by atoms with Crippen LogP contribution in [0.25, 0.3) is 0 Å². The van der Waals surface area contributed by atoms with Gasteiger partial charge in [-0.15, -0.1) is 0 Å². The molecule has 1 fully saturated rings. The van der Waals surface area contributed by atoms with Crippen molar-refractivity contribution in [2.45, 2.75) is 57.8 Å². The molecule has 0 amide bonds. The van der Waals surface area contributed by atoms with Gasteiger partial charge in [0.2, 0.25) is 0 Å². The van der Waals surface area contributed by atoms with Crippen molar-refractivity contribution in [1.82, 2.24) is 0 Å². The quantitative estimate of drug-likeness (QED) is 0.841. The van der Waals surface area contributed by atoms with Gasteiger partial charge >= 0.3 is 0 Å². The van der Waals surface area contributed by atoms with Crippen LogP contribution in [0.1, 0.15) is 56.7 Å². The van der Waals surface area contributed by atoms with Gasteiger partial charge in [0.25, 0.3) is 0 Å². The molecule has 1 aromatic rings. The second kappa shape index (κ2) is 4.27. The van der Waals surface area contributed by atoms with Crippen molar-refractivity contribution in [3.8, 4) is 5.75 Å². The van der Waals surface area contributed by atoms with E-state index in [2.05, 4.69) is 32.9 Å². The van der Waals surface area contributed by atoms with E-state index in [0.29, 0.717) is 12.3 Å². The molecule has 0 aliphatic heterocycles. The summed E-state index contributed by atoms with van der Waals surface area (Å²) < 4.78 is 0. The first-order valence-corrected chi connectivity index (χ1v) is 6.85. The topological polar surface area (TPSA) is 46.2 Å². The molecule has 1 saturated carbocycles. The zero-order chi connectivity index (χ0) is 13.6. The molecule has 100 valence electrons. The molecule has 2 nitrogen and oxygen atoms in total. The molecule has 1 aliphatic rings.